The smallest absolute Gasteiger partial charge is 0.187 e. The Balaban J connectivity index is 2.04. The summed E-state index contributed by atoms with van der Waals surface area (Å²) in [5.74, 6) is -0.0560. The van der Waals surface area contributed by atoms with Crippen molar-refractivity contribution in [3.8, 4) is 0 Å². The Labute approximate surface area is 124 Å². The van der Waals surface area contributed by atoms with E-state index in [9.17, 15) is 4.79 Å². The van der Waals surface area contributed by atoms with Gasteiger partial charge in [-0.2, -0.15) is 0 Å². The van der Waals surface area contributed by atoms with Crippen LogP contribution in [0.2, 0.25) is 5.02 Å². The van der Waals surface area contributed by atoms with Crippen LogP contribution in [-0.4, -0.2) is 5.78 Å². The van der Waals surface area contributed by atoms with Crippen LogP contribution in [0.5, 0.6) is 0 Å². The summed E-state index contributed by atoms with van der Waals surface area (Å²) >= 11 is 5.79. The summed E-state index contributed by atoms with van der Waals surface area (Å²) in [5, 5.41) is 3.76. The third kappa shape index (κ3) is 3.72. The Bertz CT molecular complexity index is 645. The summed E-state index contributed by atoms with van der Waals surface area (Å²) in [6.45, 7) is 4.06. The van der Waals surface area contributed by atoms with Crippen molar-refractivity contribution in [2.75, 3.05) is 5.32 Å². The Morgan fingerprint density at radius 2 is 1.80 bits per heavy atom. The highest BCUT2D eigenvalue weighted by atomic mass is 35.5. The lowest BCUT2D eigenvalue weighted by atomic mass is 10.1. The van der Waals surface area contributed by atoms with E-state index in [4.69, 9.17) is 11.6 Å². The summed E-state index contributed by atoms with van der Waals surface area (Å²) in [5.41, 5.74) is 3.94. The van der Waals surface area contributed by atoms with Crippen LogP contribution in [0, 0.1) is 13.8 Å². The molecule has 2 rings (SSSR count). The molecule has 0 unspecified atom stereocenters. The average molecular weight is 286 g/mol. The van der Waals surface area contributed by atoms with Gasteiger partial charge < -0.3 is 5.32 Å². The molecule has 2 nitrogen and oxygen atoms in total. The zero-order chi connectivity index (χ0) is 14.5. The van der Waals surface area contributed by atoms with Gasteiger partial charge in [0, 0.05) is 28.5 Å². The monoisotopic (exact) mass is 285 g/mol. The highest BCUT2D eigenvalue weighted by Crippen LogP contribution is 2.16. The maximum Gasteiger partial charge on any atom is 0.187 e. The second-order valence-corrected chi connectivity index (χ2v) is 5.10. The van der Waals surface area contributed by atoms with Gasteiger partial charge in [0.15, 0.2) is 5.78 Å². The van der Waals surface area contributed by atoms with Crippen LogP contribution >= 0.6 is 11.6 Å². The van der Waals surface area contributed by atoms with Gasteiger partial charge >= 0.3 is 0 Å². The fraction of sp³-hybridized carbons (Fsp3) is 0.118. The van der Waals surface area contributed by atoms with E-state index >= 15 is 0 Å². The molecule has 0 amide bonds. The third-order valence-corrected chi connectivity index (χ3v) is 3.25. The van der Waals surface area contributed by atoms with E-state index in [1.54, 1.807) is 30.5 Å². The number of rotatable bonds is 4. The SMILES string of the molecule is Cc1ccc(C)c(NC=CC(=O)c2ccc(Cl)cc2)c1. The van der Waals surface area contributed by atoms with E-state index in [0.29, 0.717) is 10.6 Å². The summed E-state index contributed by atoms with van der Waals surface area (Å²) < 4.78 is 0. The van der Waals surface area contributed by atoms with Gasteiger partial charge in [-0.25, -0.2) is 0 Å². The molecule has 0 aliphatic rings. The number of ketones is 1. The molecule has 1 N–H and O–H groups in total. The van der Waals surface area contributed by atoms with Gasteiger partial charge in [-0.3, -0.25) is 4.79 Å². The predicted molar refractivity (Wildman–Crippen MR) is 84.5 cm³/mol. The molecule has 0 bridgehead atoms. The number of benzene rings is 2. The maximum atomic E-state index is 11.9. The number of nitrogens with one attached hydrogen (secondary N) is 1. The van der Waals surface area contributed by atoms with Crippen LogP contribution in [-0.2, 0) is 0 Å². The summed E-state index contributed by atoms with van der Waals surface area (Å²) in [7, 11) is 0. The minimum Gasteiger partial charge on any atom is -0.361 e. The molecule has 3 heteroatoms. The molecule has 20 heavy (non-hydrogen) atoms. The summed E-state index contributed by atoms with van der Waals surface area (Å²) in [4.78, 5) is 11.9. The van der Waals surface area contributed by atoms with E-state index < -0.39 is 0 Å². The molecule has 0 aliphatic carbocycles. The van der Waals surface area contributed by atoms with Gasteiger partial charge in [-0.05, 0) is 55.3 Å². The molecule has 0 aromatic heterocycles. The Hall–Kier alpha value is -2.06. The number of carbonyl (C=O) groups excluding carboxylic acids is 1. The Morgan fingerprint density at radius 3 is 2.50 bits per heavy atom. The molecule has 0 radical (unpaired) electrons. The minimum absolute atomic E-state index is 0.0560. The number of hydrogen-bond acceptors (Lipinski definition) is 2. The highest BCUT2D eigenvalue weighted by molar-refractivity contribution is 6.30. The first-order chi connectivity index (χ1) is 9.56. The van der Waals surface area contributed by atoms with E-state index in [1.807, 2.05) is 26.0 Å². The molecule has 0 atom stereocenters. The van der Waals surface area contributed by atoms with Crippen molar-refractivity contribution in [3.05, 3.63) is 76.5 Å². The van der Waals surface area contributed by atoms with E-state index in [1.165, 1.54) is 11.6 Å². The number of carbonyl (C=O) groups is 1. The Kier molecular flexibility index (Phi) is 4.59. The quantitative estimate of drug-likeness (QED) is 0.648. The number of hydrogen-bond donors (Lipinski definition) is 1. The van der Waals surface area contributed by atoms with Crippen molar-refractivity contribution in [1.82, 2.24) is 0 Å². The average Bonchev–Trinajstić information content (AvgIpc) is 2.43. The lowest BCUT2D eigenvalue weighted by molar-refractivity contribution is 0.104. The molecule has 2 aromatic carbocycles. The van der Waals surface area contributed by atoms with Crippen molar-refractivity contribution in [2.24, 2.45) is 0 Å². The van der Waals surface area contributed by atoms with Gasteiger partial charge in [-0.15, -0.1) is 0 Å². The molecule has 0 saturated carbocycles. The van der Waals surface area contributed by atoms with Crippen LogP contribution in [0.15, 0.2) is 54.7 Å². The van der Waals surface area contributed by atoms with E-state index in [0.717, 1.165) is 11.3 Å². The topological polar surface area (TPSA) is 29.1 Å². The first-order valence-corrected chi connectivity index (χ1v) is 6.74. The van der Waals surface area contributed by atoms with Crippen LogP contribution < -0.4 is 5.32 Å². The third-order valence-electron chi connectivity index (χ3n) is 3.00. The van der Waals surface area contributed by atoms with Crippen molar-refractivity contribution < 1.29 is 4.79 Å². The Morgan fingerprint density at radius 1 is 1.10 bits per heavy atom. The normalized spacial score (nSPS) is 10.8. The van der Waals surface area contributed by atoms with Crippen LogP contribution in [0.1, 0.15) is 21.5 Å². The summed E-state index contributed by atoms with van der Waals surface area (Å²) in [6, 6.07) is 13.0. The predicted octanol–water partition coefficient (Wildman–Crippen LogP) is 4.77. The minimum atomic E-state index is -0.0560. The molecule has 0 fully saturated rings. The van der Waals surface area contributed by atoms with Crippen LogP contribution in [0.3, 0.4) is 0 Å². The highest BCUT2D eigenvalue weighted by Gasteiger charge is 2.01. The van der Waals surface area contributed by atoms with Gasteiger partial charge in [0.05, 0.1) is 0 Å². The van der Waals surface area contributed by atoms with Crippen molar-refractivity contribution in [1.29, 1.82) is 0 Å². The van der Waals surface area contributed by atoms with E-state index in [2.05, 4.69) is 11.4 Å². The molecule has 0 spiro atoms. The zero-order valence-corrected chi connectivity index (χ0v) is 12.2. The lowest BCUT2D eigenvalue weighted by Crippen LogP contribution is -1.97. The van der Waals surface area contributed by atoms with Gasteiger partial charge in [0.2, 0.25) is 0 Å². The fourth-order valence-electron chi connectivity index (χ4n) is 1.81. The standard InChI is InChI=1S/C17H16ClNO/c1-12-3-4-13(2)16(11-12)19-10-9-17(20)14-5-7-15(18)8-6-14/h3-11,19H,1-2H3. The first kappa shape index (κ1) is 14.4. The largest absolute Gasteiger partial charge is 0.361 e. The number of aryl methyl sites for hydroxylation is 2. The molecule has 2 aromatic rings. The second kappa shape index (κ2) is 6.40. The van der Waals surface area contributed by atoms with Crippen molar-refractivity contribution in [3.63, 3.8) is 0 Å². The lowest BCUT2D eigenvalue weighted by Gasteiger charge is -2.06. The van der Waals surface area contributed by atoms with Gasteiger partial charge in [0.25, 0.3) is 0 Å². The maximum absolute atomic E-state index is 11.9. The number of anilines is 1. The first-order valence-electron chi connectivity index (χ1n) is 6.36. The fourth-order valence-corrected chi connectivity index (χ4v) is 1.93. The number of allylic oxidation sites excluding steroid dienone is 1. The number of halogens is 1. The van der Waals surface area contributed by atoms with Crippen LogP contribution in [0.25, 0.3) is 0 Å². The summed E-state index contributed by atoms with van der Waals surface area (Å²) in [6.07, 6.45) is 3.18. The van der Waals surface area contributed by atoms with Crippen molar-refractivity contribution in [2.45, 2.75) is 13.8 Å². The van der Waals surface area contributed by atoms with Gasteiger partial charge in [-0.1, -0.05) is 23.7 Å². The van der Waals surface area contributed by atoms with Crippen molar-refractivity contribution >= 4 is 23.1 Å². The van der Waals surface area contributed by atoms with E-state index in [-0.39, 0.29) is 5.78 Å². The molecule has 102 valence electrons. The molecule has 0 aliphatic heterocycles. The van der Waals surface area contributed by atoms with Gasteiger partial charge in [0.1, 0.15) is 0 Å². The molecule has 0 heterocycles. The molecular weight excluding hydrogens is 270 g/mol. The second-order valence-electron chi connectivity index (χ2n) is 4.67. The zero-order valence-electron chi connectivity index (χ0n) is 11.5. The van der Waals surface area contributed by atoms with Crippen LogP contribution in [0.4, 0.5) is 5.69 Å². The molecular formula is C17H16ClNO. The molecule has 0 saturated heterocycles.